The Labute approximate surface area is 175 Å². The van der Waals surface area contributed by atoms with Crippen molar-refractivity contribution in [2.75, 3.05) is 20.2 Å². The van der Waals surface area contributed by atoms with Gasteiger partial charge in [-0.15, -0.1) is 0 Å². The van der Waals surface area contributed by atoms with Gasteiger partial charge in [-0.1, -0.05) is 48.5 Å². The number of rotatable bonds is 8. The monoisotopic (exact) mass is 408 g/mol. The number of hydrogen-bond donors (Lipinski definition) is 2. The van der Waals surface area contributed by atoms with Gasteiger partial charge in [0, 0.05) is 13.6 Å². The molecule has 0 unspecified atom stereocenters. The molecule has 0 heterocycles. The molecule has 0 fully saturated rings. The second-order valence-electron chi connectivity index (χ2n) is 6.83. The molecule has 3 aromatic carbocycles. The molecule has 0 aliphatic carbocycles. The van der Waals surface area contributed by atoms with Gasteiger partial charge in [-0.05, 0) is 46.5 Å². The molecular weight excluding hydrogens is 383 g/mol. The van der Waals surface area contributed by atoms with Gasteiger partial charge in [-0.25, -0.2) is 9.18 Å². The number of nitrogens with zero attached hydrogens (tertiary/aromatic N) is 1. The molecule has 0 radical (unpaired) electrons. The fourth-order valence-corrected chi connectivity index (χ4v) is 3.09. The van der Waals surface area contributed by atoms with Crippen molar-refractivity contribution in [2.24, 2.45) is 0 Å². The van der Waals surface area contributed by atoms with E-state index in [1.54, 1.807) is 24.1 Å². The zero-order valence-electron chi connectivity index (χ0n) is 16.8. The lowest BCUT2D eigenvalue weighted by molar-refractivity contribution is 0.181. The minimum atomic E-state index is -0.327. The van der Waals surface area contributed by atoms with Gasteiger partial charge in [-0.3, -0.25) is 0 Å². The summed E-state index contributed by atoms with van der Waals surface area (Å²) in [6.45, 7) is 0.997. The van der Waals surface area contributed by atoms with Crippen LogP contribution in [0.5, 0.6) is 5.75 Å². The fraction of sp³-hybridized carbons (Fsp3) is 0.208. The quantitative estimate of drug-likeness (QED) is 0.587. The van der Waals surface area contributed by atoms with Gasteiger partial charge in [0.25, 0.3) is 0 Å². The molecule has 0 saturated carbocycles. The number of urea groups is 1. The second-order valence-corrected chi connectivity index (χ2v) is 6.83. The van der Waals surface area contributed by atoms with Crippen LogP contribution in [0.4, 0.5) is 9.18 Å². The SMILES string of the molecule is CNC(=O)N(CCOc1ccc(-c2ccc(CO)cc2)cc1)Cc1cccc(F)c1. The Bertz CT molecular complexity index is 959. The first-order valence-corrected chi connectivity index (χ1v) is 9.73. The van der Waals surface area contributed by atoms with Crippen LogP contribution in [0.3, 0.4) is 0 Å². The first-order valence-electron chi connectivity index (χ1n) is 9.73. The molecule has 156 valence electrons. The van der Waals surface area contributed by atoms with E-state index in [4.69, 9.17) is 9.84 Å². The van der Waals surface area contributed by atoms with E-state index in [1.807, 2.05) is 48.5 Å². The summed E-state index contributed by atoms with van der Waals surface area (Å²) < 4.78 is 19.2. The maximum Gasteiger partial charge on any atom is 0.317 e. The van der Waals surface area contributed by atoms with E-state index >= 15 is 0 Å². The van der Waals surface area contributed by atoms with Crippen molar-refractivity contribution in [3.63, 3.8) is 0 Å². The summed E-state index contributed by atoms with van der Waals surface area (Å²) in [7, 11) is 1.56. The third-order valence-corrected chi connectivity index (χ3v) is 4.72. The van der Waals surface area contributed by atoms with E-state index < -0.39 is 0 Å². The Hall–Kier alpha value is -3.38. The van der Waals surface area contributed by atoms with Crippen molar-refractivity contribution in [3.8, 4) is 16.9 Å². The molecule has 0 aliphatic rings. The van der Waals surface area contributed by atoms with E-state index in [-0.39, 0.29) is 18.5 Å². The highest BCUT2D eigenvalue weighted by Crippen LogP contribution is 2.23. The molecule has 5 nitrogen and oxygen atoms in total. The van der Waals surface area contributed by atoms with Crippen molar-refractivity contribution in [1.82, 2.24) is 10.2 Å². The molecular formula is C24H25FN2O3. The number of carbonyl (C=O) groups excluding carboxylic acids is 1. The molecule has 2 amide bonds. The van der Waals surface area contributed by atoms with Gasteiger partial charge in [-0.2, -0.15) is 0 Å². The number of benzene rings is 3. The van der Waals surface area contributed by atoms with E-state index in [0.29, 0.717) is 25.4 Å². The van der Waals surface area contributed by atoms with Gasteiger partial charge in [0.15, 0.2) is 0 Å². The molecule has 6 heteroatoms. The highest BCUT2D eigenvalue weighted by molar-refractivity contribution is 5.73. The van der Waals surface area contributed by atoms with Crippen LogP contribution >= 0.6 is 0 Å². The molecule has 30 heavy (non-hydrogen) atoms. The standard InChI is InChI=1S/C24H25FN2O3/c1-26-24(29)27(16-19-3-2-4-22(25)15-19)13-14-30-23-11-9-21(10-12-23)20-7-5-18(17-28)6-8-20/h2-12,15,28H,13-14,16-17H2,1H3,(H,26,29). The van der Waals surface area contributed by atoms with Crippen LogP contribution in [0.2, 0.25) is 0 Å². The van der Waals surface area contributed by atoms with Crippen molar-refractivity contribution in [1.29, 1.82) is 0 Å². The topological polar surface area (TPSA) is 61.8 Å². The Morgan fingerprint density at radius 3 is 2.27 bits per heavy atom. The van der Waals surface area contributed by atoms with Gasteiger partial charge < -0.3 is 20.1 Å². The maximum atomic E-state index is 13.4. The van der Waals surface area contributed by atoms with Crippen molar-refractivity contribution in [2.45, 2.75) is 13.2 Å². The van der Waals surface area contributed by atoms with Crippen molar-refractivity contribution in [3.05, 3.63) is 89.7 Å². The summed E-state index contributed by atoms with van der Waals surface area (Å²) >= 11 is 0. The molecule has 0 saturated heterocycles. The average Bonchev–Trinajstić information content (AvgIpc) is 2.78. The summed E-state index contributed by atoms with van der Waals surface area (Å²) in [5.41, 5.74) is 3.69. The second kappa shape index (κ2) is 10.4. The average molecular weight is 408 g/mol. The first kappa shape index (κ1) is 21.3. The number of aliphatic hydroxyl groups is 1. The minimum absolute atomic E-state index is 0.0271. The Balaban J connectivity index is 1.57. The lowest BCUT2D eigenvalue weighted by atomic mass is 10.0. The zero-order valence-corrected chi connectivity index (χ0v) is 16.8. The summed E-state index contributed by atoms with van der Waals surface area (Å²) in [4.78, 5) is 13.7. The highest BCUT2D eigenvalue weighted by atomic mass is 19.1. The molecule has 2 N–H and O–H groups in total. The Morgan fingerprint density at radius 1 is 1.00 bits per heavy atom. The van der Waals surface area contributed by atoms with Crippen LogP contribution in [0, 0.1) is 5.82 Å². The third-order valence-electron chi connectivity index (χ3n) is 4.72. The number of halogens is 1. The number of aliphatic hydroxyl groups excluding tert-OH is 1. The van der Waals surface area contributed by atoms with Crippen LogP contribution in [0.25, 0.3) is 11.1 Å². The summed E-state index contributed by atoms with van der Waals surface area (Å²) in [5.74, 6) is 0.375. The number of hydrogen-bond acceptors (Lipinski definition) is 3. The van der Waals surface area contributed by atoms with E-state index in [1.165, 1.54) is 12.1 Å². The summed E-state index contributed by atoms with van der Waals surface area (Å²) in [6.07, 6.45) is 0. The van der Waals surface area contributed by atoms with E-state index in [9.17, 15) is 9.18 Å². The molecule has 3 rings (SSSR count). The number of carbonyl (C=O) groups is 1. The summed E-state index contributed by atoms with van der Waals surface area (Å²) in [6, 6.07) is 21.4. The van der Waals surface area contributed by atoms with Crippen molar-refractivity contribution >= 4 is 6.03 Å². The van der Waals surface area contributed by atoms with Crippen LogP contribution in [-0.2, 0) is 13.2 Å². The maximum absolute atomic E-state index is 13.4. The number of nitrogens with one attached hydrogen (secondary N) is 1. The lowest BCUT2D eigenvalue weighted by Crippen LogP contribution is -2.40. The van der Waals surface area contributed by atoms with E-state index in [0.717, 1.165) is 22.3 Å². The number of amides is 2. The molecule has 0 aromatic heterocycles. The fourth-order valence-electron chi connectivity index (χ4n) is 3.09. The lowest BCUT2D eigenvalue weighted by Gasteiger charge is -2.22. The van der Waals surface area contributed by atoms with E-state index in [2.05, 4.69) is 5.32 Å². The minimum Gasteiger partial charge on any atom is -0.492 e. The van der Waals surface area contributed by atoms with Crippen molar-refractivity contribution < 1.29 is 19.0 Å². The number of ether oxygens (including phenoxy) is 1. The predicted octanol–water partition coefficient (Wildman–Crippen LogP) is 4.21. The van der Waals surface area contributed by atoms with Gasteiger partial charge in [0.05, 0.1) is 13.2 Å². The van der Waals surface area contributed by atoms with Crippen LogP contribution in [-0.4, -0.2) is 36.2 Å². The summed E-state index contributed by atoms with van der Waals surface area (Å²) in [5, 5.41) is 11.7. The first-order chi connectivity index (χ1) is 14.6. The molecule has 0 spiro atoms. The smallest absolute Gasteiger partial charge is 0.317 e. The largest absolute Gasteiger partial charge is 0.492 e. The molecule has 0 aliphatic heterocycles. The van der Waals surface area contributed by atoms with Crippen LogP contribution in [0.15, 0.2) is 72.8 Å². The zero-order chi connectivity index (χ0) is 21.3. The molecule has 0 atom stereocenters. The highest BCUT2D eigenvalue weighted by Gasteiger charge is 2.13. The molecule has 0 bridgehead atoms. The van der Waals surface area contributed by atoms with Crippen LogP contribution < -0.4 is 10.1 Å². The third kappa shape index (κ3) is 5.81. The van der Waals surface area contributed by atoms with Crippen LogP contribution in [0.1, 0.15) is 11.1 Å². The van der Waals surface area contributed by atoms with Gasteiger partial charge in [0.1, 0.15) is 18.2 Å². The predicted molar refractivity (Wildman–Crippen MR) is 115 cm³/mol. The van der Waals surface area contributed by atoms with Gasteiger partial charge in [0.2, 0.25) is 0 Å². The molecule has 3 aromatic rings. The normalized spacial score (nSPS) is 10.5. The Kier molecular flexibility index (Phi) is 7.40. The van der Waals surface area contributed by atoms with Gasteiger partial charge >= 0.3 is 6.03 Å². The Morgan fingerprint density at radius 2 is 1.67 bits per heavy atom.